The van der Waals surface area contributed by atoms with E-state index in [1.807, 2.05) is 6.08 Å². The fourth-order valence-corrected chi connectivity index (χ4v) is 4.75. The second kappa shape index (κ2) is 2.45. The molecule has 4 heteroatoms. The topological polar surface area (TPSA) is 48.1 Å². The van der Waals surface area contributed by atoms with Crippen LogP contribution in [0.1, 0.15) is 6.42 Å². The highest BCUT2D eigenvalue weighted by Crippen LogP contribution is 2.68. The van der Waals surface area contributed by atoms with Crippen molar-refractivity contribution >= 4 is 5.97 Å². The standard InChI is InChI=1S/C13H14O4/c1-2-5-9-8(11-10(5)16-11)6-3-7-12(14)15-4-13(6,7)17-9/h2,5-11H,1,3-4H2/t5-,6+,7+,8+,9+,10+,11-,13-/m0/s1. The van der Waals surface area contributed by atoms with Gasteiger partial charge in [0.05, 0.1) is 24.2 Å². The molecule has 5 aliphatic rings. The van der Waals surface area contributed by atoms with Crippen LogP contribution < -0.4 is 0 Å². The first kappa shape index (κ1) is 9.11. The van der Waals surface area contributed by atoms with Gasteiger partial charge in [0, 0.05) is 17.8 Å². The van der Waals surface area contributed by atoms with Gasteiger partial charge in [-0.3, -0.25) is 4.79 Å². The minimum atomic E-state index is -0.301. The van der Waals surface area contributed by atoms with E-state index >= 15 is 0 Å². The summed E-state index contributed by atoms with van der Waals surface area (Å²) in [5.74, 6) is 1.16. The molecule has 2 aliphatic carbocycles. The molecule has 0 unspecified atom stereocenters. The number of fused-ring (bicyclic) bond motifs is 4. The molecule has 4 nitrogen and oxygen atoms in total. The van der Waals surface area contributed by atoms with Crippen LogP contribution in [0.3, 0.4) is 0 Å². The van der Waals surface area contributed by atoms with Gasteiger partial charge in [0.2, 0.25) is 0 Å². The van der Waals surface area contributed by atoms with Gasteiger partial charge in [-0.15, -0.1) is 6.58 Å². The summed E-state index contributed by atoms with van der Waals surface area (Å²) in [5, 5.41) is 0. The number of hydrogen-bond donors (Lipinski definition) is 0. The van der Waals surface area contributed by atoms with Crippen molar-refractivity contribution in [3.05, 3.63) is 12.7 Å². The Morgan fingerprint density at radius 2 is 2.24 bits per heavy atom. The zero-order valence-corrected chi connectivity index (χ0v) is 9.37. The lowest BCUT2D eigenvalue weighted by Crippen LogP contribution is -2.55. The van der Waals surface area contributed by atoms with Crippen LogP contribution in [0.15, 0.2) is 12.7 Å². The number of carbonyl (C=O) groups is 1. The Kier molecular flexibility index (Phi) is 1.31. The van der Waals surface area contributed by atoms with E-state index in [1.54, 1.807) is 0 Å². The molecule has 0 aromatic heterocycles. The van der Waals surface area contributed by atoms with Gasteiger partial charge in [-0.2, -0.15) is 0 Å². The van der Waals surface area contributed by atoms with Crippen LogP contribution >= 0.6 is 0 Å². The van der Waals surface area contributed by atoms with Crippen LogP contribution in [-0.2, 0) is 19.0 Å². The first-order valence-electron chi connectivity index (χ1n) is 6.39. The molecular formula is C13H14O4. The van der Waals surface area contributed by atoms with E-state index in [1.165, 1.54) is 0 Å². The molecule has 0 aromatic carbocycles. The second-order valence-electron chi connectivity index (χ2n) is 6.00. The first-order chi connectivity index (χ1) is 8.26. The maximum Gasteiger partial charge on any atom is 0.312 e. The van der Waals surface area contributed by atoms with Crippen LogP contribution in [0, 0.1) is 23.7 Å². The minimum absolute atomic E-state index is 0.0132. The fourth-order valence-electron chi connectivity index (χ4n) is 4.75. The predicted octanol–water partition coefficient (Wildman–Crippen LogP) is 0.516. The lowest BCUT2D eigenvalue weighted by Gasteiger charge is -2.44. The van der Waals surface area contributed by atoms with Gasteiger partial charge in [-0.1, -0.05) is 6.08 Å². The molecule has 90 valence electrons. The molecule has 5 fully saturated rings. The SMILES string of the molecule is C=C[C@@H]1[C@H]2O[C@H]2[C@H]2[C@@H]1O[C@]13COC(=O)[C@H]1C[C@H]23. The lowest BCUT2D eigenvalue weighted by molar-refractivity contribution is -0.153. The predicted molar refractivity (Wildman–Crippen MR) is 56.0 cm³/mol. The molecule has 3 heterocycles. The third kappa shape index (κ3) is 0.772. The lowest BCUT2D eigenvalue weighted by atomic mass is 9.59. The van der Waals surface area contributed by atoms with Crippen LogP contribution in [0.2, 0.25) is 0 Å². The van der Waals surface area contributed by atoms with Gasteiger partial charge >= 0.3 is 5.97 Å². The van der Waals surface area contributed by atoms with Crippen LogP contribution in [0.25, 0.3) is 0 Å². The third-order valence-electron chi connectivity index (χ3n) is 5.60. The van der Waals surface area contributed by atoms with Crippen molar-refractivity contribution in [3.8, 4) is 0 Å². The van der Waals surface area contributed by atoms with Crippen LogP contribution in [0.4, 0.5) is 0 Å². The van der Waals surface area contributed by atoms with Crippen molar-refractivity contribution in [3.63, 3.8) is 0 Å². The Morgan fingerprint density at radius 3 is 3.00 bits per heavy atom. The van der Waals surface area contributed by atoms with Gasteiger partial charge in [0.1, 0.15) is 12.2 Å². The maximum absolute atomic E-state index is 11.6. The summed E-state index contributed by atoms with van der Waals surface area (Å²) >= 11 is 0. The van der Waals surface area contributed by atoms with E-state index in [0.29, 0.717) is 36.6 Å². The molecule has 5 rings (SSSR count). The van der Waals surface area contributed by atoms with E-state index in [0.717, 1.165) is 6.42 Å². The van der Waals surface area contributed by atoms with Gasteiger partial charge < -0.3 is 14.2 Å². The summed E-state index contributed by atoms with van der Waals surface area (Å²) in [6, 6.07) is 0. The molecule has 0 aromatic rings. The van der Waals surface area contributed by atoms with Crippen molar-refractivity contribution in [2.24, 2.45) is 23.7 Å². The summed E-state index contributed by atoms with van der Waals surface area (Å²) in [4.78, 5) is 11.6. The molecular weight excluding hydrogens is 220 g/mol. The number of rotatable bonds is 1. The Balaban J connectivity index is 1.55. The summed E-state index contributed by atoms with van der Waals surface area (Å²) in [6.07, 6.45) is 3.78. The molecule has 3 aliphatic heterocycles. The average Bonchev–Trinajstić information content (AvgIpc) is 2.90. The highest BCUT2D eigenvalue weighted by Gasteiger charge is 2.79. The quantitative estimate of drug-likeness (QED) is 0.377. The van der Waals surface area contributed by atoms with Gasteiger partial charge in [0.15, 0.2) is 0 Å². The summed E-state index contributed by atoms with van der Waals surface area (Å²) in [7, 11) is 0. The van der Waals surface area contributed by atoms with Crippen LogP contribution in [-0.4, -0.2) is 36.5 Å². The molecule has 8 atom stereocenters. The largest absolute Gasteiger partial charge is 0.462 e. The Morgan fingerprint density at radius 1 is 1.35 bits per heavy atom. The maximum atomic E-state index is 11.6. The van der Waals surface area contributed by atoms with Gasteiger partial charge in [0.25, 0.3) is 0 Å². The zero-order valence-electron chi connectivity index (χ0n) is 9.37. The van der Waals surface area contributed by atoms with E-state index in [9.17, 15) is 4.79 Å². The fraction of sp³-hybridized carbons (Fsp3) is 0.769. The van der Waals surface area contributed by atoms with Crippen molar-refractivity contribution < 1.29 is 19.0 Å². The molecule has 2 saturated carbocycles. The summed E-state index contributed by atoms with van der Waals surface area (Å²) in [5.41, 5.74) is -0.301. The van der Waals surface area contributed by atoms with E-state index in [4.69, 9.17) is 14.2 Å². The number of carbonyl (C=O) groups excluding carboxylic acids is 1. The number of epoxide rings is 1. The Bertz CT molecular complexity index is 447. The third-order valence-corrected chi connectivity index (χ3v) is 5.60. The smallest absolute Gasteiger partial charge is 0.312 e. The molecule has 1 spiro atoms. The minimum Gasteiger partial charge on any atom is -0.462 e. The number of ether oxygens (including phenoxy) is 3. The Labute approximate surface area is 98.9 Å². The number of cyclic esters (lactones) is 1. The normalized spacial score (nSPS) is 65.2. The molecule has 3 saturated heterocycles. The molecule has 0 N–H and O–H groups in total. The van der Waals surface area contributed by atoms with E-state index < -0.39 is 0 Å². The molecule has 0 radical (unpaired) electrons. The highest BCUT2D eigenvalue weighted by molar-refractivity contribution is 5.78. The van der Waals surface area contributed by atoms with Gasteiger partial charge in [-0.25, -0.2) is 0 Å². The zero-order chi connectivity index (χ0) is 11.4. The first-order valence-corrected chi connectivity index (χ1v) is 6.39. The molecule has 17 heavy (non-hydrogen) atoms. The van der Waals surface area contributed by atoms with E-state index in [-0.39, 0.29) is 23.6 Å². The van der Waals surface area contributed by atoms with Crippen molar-refractivity contribution in [1.29, 1.82) is 0 Å². The average molecular weight is 234 g/mol. The number of hydrogen-bond acceptors (Lipinski definition) is 4. The van der Waals surface area contributed by atoms with Crippen LogP contribution in [0.5, 0.6) is 0 Å². The monoisotopic (exact) mass is 234 g/mol. The van der Waals surface area contributed by atoms with Crippen molar-refractivity contribution in [2.45, 2.75) is 30.3 Å². The van der Waals surface area contributed by atoms with Crippen molar-refractivity contribution in [2.75, 3.05) is 6.61 Å². The Hall–Kier alpha value is -0.870. The summed E-state index contributed by atoms with van der Waals surface area (Å²) in [6.45, 7) is 4.34. The van der Waals surface area contributed by atoms with E-state index in [2.05, 4.69) is 6.58 Å². The molecule has 0 amide bonds. The highest BCUT2D eigenvalue weighted by atomic mass is 16.6. The summed E-state index contributed by atoms with van der Waals surface area (Å²) < 4.78 is 17.2. The van der Waals surface area contributed by atoms with Crippen molar-refractivity contribution in [1.82, 2.24) is 0 Å². The van der Waals surface area contributed by atoms with Gasteiger partial charge in [-0.05, 0) is 6.42 Å². The number of esters is 1. The molecule has 0 bridgehead atoms. The second-order valence-corrected chi connectivity index (χ2v) is 6.00.